The zero-order chi connectivity index (χ0) is 12.4. The first-order chi connectivity index (χ1) is 8.86. The van der Waals surface area contributed by atoms with Crippen molar-refractivity contribution in [3.05, 3.63) is 65.9 Å². The second-order valence-corrected chi connectivity index (χ2v) is 4.28. The van der Waals surface area contributed by atoms with Gasteiger partial charge in [-0.25, -0.2) is 0 Å². The molecule has 3 rings (SSSR count). The summed E-state index contributed by atoms with van der Waals surface area (Å²) in [5.41, 5.74) is 3.42. The third-order valence-corrected chi connectivity index (χ3v) is 3.11. The molecule has 3 aromatic rings. The number of hydrogen-bond donors (Lipinski definition) is 0. The quantitative estimate of drug-likeness (QED) is 0.687. The predicted octanol–water partition coefficient (Wildman–Crippen LogP) is 4.03. The number of para-hydroxylation sites is 1. The second kappa shape index (κ2) is 4.57. The fraction of sp³-hybridized carbons (Fsp3) is 0.125. The normalized spacial score (nSPS) is 10.7. The van der Waals surface area contributed by atoms with Gasteiger partial charge in [0.05, 0.1) is 13.4 Å². The van der Waals surface area contributed by atoms with E-state index in [4.69, 9.17) is 9.15 Å². The molecule has 2 aromatic carbocycles. The number of methoxy groups -OCH3 is 1. The SMILES string of the molecule is COc1ccc(Cc2coc3ccccc23)cc1. The smallest absolute Gasteiger partial charge is 0.134 e. The maximum absolute atomic E-state index is 5.54. The van der Waals surface area contributed by atoms with Crippen molar-refractivity contribution in [2.45, 2.75) is 6.42 Å². The summed E-state index contributed by atoms with van der Waals surface area (Å²) in [6.07, 6.45) is 2.72. The van der Waals surface area contributed by atoms with Crippen LogP contribution >= 0.6 is 0 Å². The van der Waals surface area contributed by atoms with E-state index in [0.29, 0.717) is 0 Å². The van der Waals surface area contributed by atoms with Gasteiger partial charge in [0.25, 0.3) is 0 Å². The molecule has 0 aliphatic carbocycles. The van der Waals surface area contributed by atoms with Crippen molar-refractivity contribution in [3.8, 4) is 5.75 Å². The Kier molecular flexibility index (Phi) is 2.77. The minimum atomic E-state index is 0.876. The van der Waals surface area contributed by atoms with Gasteiger partial charge in [-0.3, -0.25) is 0 Å². The molecule has 2 heteroatoms. The maximum Gasteiger partial charge on any atom is 0.134 e. The minimum Gasteiger partial charge on any atom is -0.497 e. The van der Waals surface area contributed by atoms with E-state index in [0.717, 1.165) is 17.8 Å². The van der Waals surface area contributed by atoms with Crippen molar-refractivity contribution >= 4 is 11.0 Å². The first-order valence-electron chi connectivity index (χ1n) is 5.95. The van der Waals surface area contributed by atoms with Crippen LogP contribution in [0.3, 0.4) is 0 Å². The Morgan fingerprint density at radius 3 is 2.56 bits per heavy atom. The van der Waals surface area contributed by atoms with Crippen molar-refractivity contribution < 1.29 is 9.15 Å². The van der Waals surface area contributed by atoms with Crippen molar-refractivity contribution in [3.63, 3.8) is 0 Å². The largest absolute Gasteiger partial charge is 0.497 e. The summed E-state index contributed by atoms with van der Waals surface area (Å²) in [5.74, 6) is 0.885. The minimum absolute atomic E-state index is 0.876. The summed E-state index contributed by atoms with van der Waals surface area (Å²) in [5, 5.41) is 1.19. The van der Waals surface area contributed by atoms with Crippen LogP contribution in [-0.2, 0) is 6.42 Å². The Morgan fingerprint density at radius 1 is 1.00 bits per heavy atom. The Bertz CT molecular complexity index is 650. The van der Waals surface area contributed by atoms with E-state index in [1.54, 1.807) is 7.11 Å². The van der Waals surface area contributed by atoms with E-state index in [1.807, 2.05) is 36.6 Å². The van der Waals surface area contributed by atoms with Crippen molar-refractivity contribution in [1.82, 2.24) is 0 Å². The summed E-state index contributed by atoms with van der Waals surface area (Å²) >= 11 is 0. The summed E-state index contributed by atoms with van der Waals surface area (Å²) in [7, 11) is 1.68. The molecule has 0 aliphatic rings. The molecule has 0 fully saturated rings. The fourth-order valence-corrected chi connectivity index (χ4v) is 2.13. The van der Waals surface area contributed by atoms with E-state index < -0.39 is 0 Å². The molecule has 0 saturated carbocycles. The highest BCUT2D eigenvalue weighted by atomic mass is 16.5. The second-order valence-electron chi connectivity index (χ2n) is 4.28. The molecule has 2 nitrogen and oxygen atoms in total. The first-order valence-corrected chi connectivity index (χ1v) is 5.95. The van der Waals surface area contributed by atoms with E-state index in [9.17, 15) is 0 Å². The molecule has 0 radical (unpaired) electrons. The zero-order valence-corrected chi connectivity index (χ0v) is 10.2. The van der Waals surface area contributed by atoms with Crippen LogP contribution in [0, 0.1) is 0 Å². The molecule has 0 saturated heterocycles. The monoisotopic (exact) mass is 238 g/mol. The summed E-state index contributed by atoms with van der Waals surface area (Å²) < 4.78 is 10.7. The lowest BCUT2D eigenvalue weighted by Crippen LogP contribution is -1.87. The van der Waals surface area contributed by atoms with Gasteiger partial charge in [-0.15, -0.1) is 0 Å². The van der Waals surface area contributed by atoms with E-state index in [1.165, 1.54) is 16.5 Å². The molecular formula is C16H14O2. The van der Waals surface area contributed by atoms with Gasteiger partial charge in [-0.2, -0.15) is 0 Å². The molecule has 0 N–H and O–H groups in total. The standard InChI is InChI=1S/C16H14O2/c1-17-14-8-6-12(7-9-14)10-13-11-18-16-5-3-2-4-15(13)16/h2-9,11H,10H2,1H3. The first kappa shape index (κ1) is 10.9. The lowest BCUT2D eigenvalue weighted by Gasteiger charge is -2.02. The molecule has 18 heavy (non-hydrogen) atoms. The van der Waals surface area contributed by atoms with Crippen LogP contribution in [-0.4, -0.2) is 7.11 Å². The lowest BCUT2D eigenvalue weighted by atomic mass is 10.0. The highest BCUT2D eigenvalue weighted by molar-refractivity contribution is 5.81. The Balaban J connectivity index is 1.91. The topological polar surface area (TPSA) is 22.4 Å². The van der Waals surface area contributed by atoms with E-state index >= 15 is 0 Å². The Labute approximate surface area is 106 Å². The van der Waals surface area contributed by atoms with Crippen LogP contribution < -0.4 is 4.74 Å². The fourth-order valence-electron chi connectivity index (χ4n) is 2.13. The van der Waals surface area contributed by atoms with Gasteiger partial charge in [-0.05, 0) is 23.8 Å². The molecule has 90 valence electrons. The lowest BCUT2D eigenvalue weighted by molar-refractivity contribution is 0.414. The maximum atomic E-state index is 5.54. The summed E-state index contributed by atoms with van der Waals surface area (Å²) in [6, 6.07) is 16.2. The van der Waals surface area contributed by atoms with Crippen molar-refractivity contribution in [1.29, 1.82) is 0 Å². The third kappa shape index (κ3) is 1.97. The highest BCUT2D eigenvalue weighted by Gasteiger charge is 2.05. The van der Waals surface area contributed by atoms with Gasteiger partial charge in [-0.1, -0.05) is 30.3 Å². The van der Waals surface area contributed by atoms with Crippen LogP contribution in [0.1, 0.15) is 11.1 Å². The van der Waals surface area contributed by atoms with Crippen LogP contribution in [0.2, 0.25) is 0 Å². The third-order valence-electron chi connectivity index (χ3n) is 3.11. The molecule has 0 unspecified atom stereocenters. The molecule has 0 spiro atoms. The van der Waals surface area contributed by atoms with Gasteiger partial charge in [0.1, 0.15) is 11.3 Å². The molecule has 0 atom stereocenters. The van der Waals surface area contributed by atoms with Crippen LogP contribution in [0.25, 0.3) is 11.0 Å². The van der Waals surface area contributed by atoms with Gasteiger partial charge in [0.15, 0.2) is 0 Å². The average Bonchev–Trinajstić information content (AvgIpc) is 2.83. The Hall–Kier alpha value is -2.22. The van der Waals surface area contributed by atoms with E-state index in [-0.39, 0.29) is 0 Å². The molecule has 0 bridgehead atoms. The van der Waals surface area contributed by atoms with Crippen molar-refractivity contribution in [2.24, 2.45) is 0 Å². The van der Waals surface area contributed by atoms with Gasteiger partial charge in [0, 0.05) is 17.4 Å². The molecule has 0 amide bonds. The number of ether oxygens (including phenoxy) is 1. The zero-order valence-electron chi connectivity index (χ0n) is 10.2. The van der Waals surface area contributed by atoms with Crippen LogP contribution in [0.5, 0.6) is 5.75 Å². The van der Waals surface area contributed by atoms with E-state index in [2.05, 4.69) is 18.2 Å². The average molecular weight is 238 g/mol. The van der Waals surface area contributed by atoms with Gasteiger partial charge < -0.3 is 9.15 Å². The number of fused-ring (bicyclic) bond motifs is 1. The summed E-state index contributed by atoms with van der Waals surface area (Å²) in [4.78, 5) is 0. The Morgan fingerprint density at radius 2 is 1.78 bits per heavy atom. The van der Waals surface area contributed by atoms with Crippen LogP contribution in [0.4, 0.5) is 0 Å². The van der Waals surface area contributed by atoms with Crippen molar-refractivity contribution in [2.75, 3.05) is 7.11 Å². The number of hydrogen-bond acceptors (Lipinski definition) is 2. The number of benzene rings is 2. The molecule has 1 aromatic heterocycles. The molecular weight excluding hydrogens is 224 g/mol. The number of furan rings is 1. The van der Waals surface area contributed by atoms with Gasteiger partial charge >= 0.3 is 0 Å². The molecule has 0 aliphatic heterocycles. The summed E-state index contributed by atoms with van der Waals surface area (Å²) in [6.45, 7) is 0. The highest BCUT2D eigenvalue weighted by Crippen LogP contribution is 2.23. The van der Waals surface area contributed by atoms with Gasteiger partial charge in [0.2, 0.25) is 0 Å². The number of rotatable bonds is 3. The van der Waals surface area contributed by atoms with Crippen LogP contribution in [0.15, 0.2) is 59.2 Å². The predicted molar refractivity (Wildman–Crippen MR) is 72.0 cm³/mol. The molecule has 1 heterocycles.